The van der Waals surface area contributed by atoms with Crippen molar-refractivity contribution in [3.05, 3.63) is 10.4 Å². The molecule has 1 rings (SSSR count). The maximum absolute atomic E-state index is 9.84. The van der Waals surface area contributed by atoms with E-state index in [-0.39, 0.29) is 24.2 Å². The van der Waals surface area contributed by atoms with Gasteiger partial charge in [-0.15, -0.1) is 0 Å². The maximum Gasteiger partial charge on any atom is 0.0837 e. The molecule has 0 spiro atoms. The van der Waals surface area contributed by atoms with Crippen LogP contribution in [0.2, 0.25) is 0 Å². The lowest BCUT2D eigenvalue weighted by molar-refractivity contribution is -0.145. The number of hydrogen-bond donors (Lipinski definition) is 1. The quantitative estimate of drug-likeness (QED) is 0.418. The van der Waals surface area contributed by atoms with Gasteiger partial charge in [0, 0.05) is 4.91 Å². The number of hydrogen-bond acceptors (Lipinski definition) is 3. The standard InChI is InChI=1S/C9H17N3O2/c1-4-7-9(13)5(2)8(11-12-10)6(3)14-7/h5-9,13H,4H2,1-3H3/t5-,6?,7?,8?,9+/m1/s1. The zero-order valence-corrected chi connectivity index (χ0v) is 8.79. The van der Waals surface area contributed by atoms with E-state index in [4.69, 9.17) is 10.3 Å². The summed E-state index contributed by atoms with van der Waals surface area (Å²) in [5.41, 5.74) is 8.38. The van der Waals surface area contributed by atoms with Gasteiger partial charge in [-0.05, 0) is 24.8 Å². The Morgan fingerprint density at radius 1 is 1.50 bits per heavy atom. The molecule has 0 aliphatic carbocycles. The van der Waals surface area contributed by atoms with Crippen LogP contribution in [0.4, 0.5) is 0 Å². The van der Waals surface area contributed by atoms with Gasteiger partial charge in [0.1, 0.15) is 0 Å². The molecule has 1 fully saturated rings. The number of rotatable bonds is 2. The average Bonchev–Trinajstić information content (AvgIpc) is 2.18. The summed E-state index contributed by atoms with van der Waals surface area (Å²) in [5, 5.41) is 13.5. The Labute approximate surface area is 83.7 Å². The van der Waals surface area contributed by atoms with Crippen LogP contribution in [-0.4, -0.2) is 29.5 Å². The van der Waals surface area contributed by atoms with Gasteiger partial charge in [0.15, 0.2) is 0 Å². The van der Waals surface area contributed by atoms with Crippen molar-refractivity contribution in [2.45, 2.75) is 51.5 Å². The smallest absolute Gasteiger partial charge is 0.0837 e. The van der Waals surface area contributed by atoms with E-state index in [9.17, 15) is 5.11 Å². The van der Waals surface area contributed by atoms with Crippen LogP contribution < -0.4 is 0 Å². The predicted molar refractivity (Wildman–Crippen MR) is 52.7 cm³/mol. The minimum absolute atomic E-state index is 0.0420. The van der Waals surface area contributed by atoms with Crippen LogP contribution in [-0.2, 0) is 4.74 Å². The Morgan fingerprint density at radius 2 is 2.14 bits per heavy atom. The van der Waals surface area contributed by atoms with Gasteiger partial charge in [-0.3, -0.25) is 0 Å². The second kappa shape index (κ2) is 4.64. The molecular formula is C9H17N3O2. The van der Waals surface area contributed by atoms with Gasteiger partial charge in [0.25, 0.3) is 0 Å². The van der Waals surface area contributed by atoms with Crippen molar-refractivity contribution in [1.29, 1.82) is 0 Å². The normalized spacial score (nSPS) is 43.0. The highest BCUT2D eigenvalue weighted by Crippen LogP contribution is 2.29. The van der Waals surface area contributed by atoms with E-state index in [1.165, 1.54) is 0 Å². The van der Waals surface area contributed by atoms with Gasteiger partial charge in [0.05, 0.1) is 24.4 Å². The monoisotopic (exact) mass is 199 g/mol. The summed E-state index contributed by atoms with van der Waals surface area (Å²) in [5.74, 6) is -0.0420. The summed E-state index contributed by atoms with van der Waals surface area (Å²) in [7, 11) is 0. The number of ether oxygens (including phenoxy) is 1. The molecule has 0 aromatic rings. The molecule has 1 heterocycles. The van der Waals surface area contributed by atoms with E-state index >= 15 is 0 Å². The first kappa shape index (κ1) is 11.3. The molecule has 1 N–H and O–H groups in total. The first-order chi connectivity index (χ1) is 6.61. The van der Waals surface area contributed by atoms with Gasteiger partial charge in [-0.2, -0.15) is 0 Å². The van der Waals surface area contributed by atoms with Crippen molar-refractivity contribution >= 4 is 0 Å². The minimum atomic E-state index is -0.535. The van der Waals surface area contributed by atoms with Crippen molar-refractivity contribution in [1.82, 2.24) is 0 Å². The zero-order chi connectivity index (χ0) is 10.7. The molecule has 14 heavy (non-hydrogen) atoms. The number of azide groups is 1. The molecular weight excluding hydrogens is 182 g/mol. The van der Waals surface area contributed by atoms with E-state index in [1.54, 1.807) is 0 Å². The van der Waals surface area contributed by atoms with Crippen LogP contribution in [0.1, 0.15) is 27.2 Å². The fourth-order valence-electron chi connectivity index (χ4n) is 2.00. The van der Waals surface area contributed by atoms with E-state index in [1.807, 2.05) is 20.8 Å². The fourth-order valence-corrected chi connectivity index (χ4v) is 2.00. The summed E-state index contributed by atoms with van der Waals surface area (Å²) in [4.78, 5) is 2.78. The van der Waals surface area contributed by atoms with Gasteiger partial charge in [0.2, 0.25) is 0 Å². The Morgan fingerprint density at radius 3 is 2.64 bits per heavy atom. The third kappa shape index (κ3) is 2.00. The molecule has 5 nitrogen and oxygen atoms in total. The van der Waals surface area contributed by atoms with E-state index < -0.39 is 6.10 Å². The van der Waals surface area contributed by atoms with Crippen LogP contribution in [0.3, 0.4) is 0 Å². The molecule has 0 radical (unpaired) electrons. The third-order valence-electron chi connectivity index (χ3n) is 2.92. The molecule has 0 aromatic heterocycles. The lowest BCUT2D eigenvalue weighted by atomic mass is 9.86. The van der Waals surface area contributed by atoms with Gasteiger partial charge < -0.3 is 9.84 Å². The summed E-state index contributed by atoms with van der Waals surface area (Å²) < 4.78 is 5.57. The molecule has 0 saturated carbocycles. The van der Waals surface area contributed by atoms with Crippen LogP contribution in [0.5, 0.6) is 0 Å². The van der Waals surface area contributed by atoms with Crippen molar-refractivity contribution in [2.75, 3.05) is 0 Å². The first-order valence-corrected chi connectivity index (χ1v) is 4.99. The maximum atomic E-state index is 9.84. The zero-order valence-electron chi connectivity index (χ0n) is 8.79. The van der Waals surface area contributed by atoms with Gasteiger partial charge in [-0.1, -0.05) is 19.0 Å². The lowest BCUT2D eigenvalue weighted by Crippen LogP contribution is -2.50. The van der Waals surface area contributed by atoms with Crippen molar-refractivity contribution < 1.29 is 9.84 Å². The van der Waals surface area contributed by atoms with Crippen LogP contribution in [0.15, 0.2) is 5.11 Å². The van der Waals surface area contributed by atoms with Crippen LogP contribution in [0, 0.1) is 5.92 Å². The van der Waals surface area contributed by atoms with Crippen LogP contribution >= 0.6 is 0 Å². The SMILES string of the molecule is CCC1OC(C)C(N=[N+]=[N-])[C@@H](C)[C@@H]1O. The lowest BCUT2D eigenvalue weighted by Gasteiger charge is -2.40. The molecule has 80 valence electrons. The molecule has 5 heteroatoms. The Balaban J connectivity index is 2.78. The summed E-state index contributed by atoms with van der Waals surface area (Å²) in [6.07, 6.45) is -0.00940. The molecule has 1 aliphatic rings. The summed E-state index contributed by atoms with van der Waals surface area (Å²) in [6.45, 7) is 5.75. The van der Waals surface area contributed by atoms with E-state index in [0.29, 0.717) is 0 Å². The molecule has 1 saturated heterocycles. The van der Waals surface area contributed by atoms with Gasteiger partial charge >= 0.3 is 0 Å². The number of aliphatic hydroxyl groups excluding tert-OH is 1. The Bertz CT molecular complexity index is 240. The third-order valence-corrected chi connectivity index (χ3v) is 2.92. The van der Waals surface area contributed by atoms with E-state index in [0.717, 1.165) is 6.42 Å². The average molecular weight is 199 g/mol. The topological polar surface area (TPSA) is 78.2 Å². The first-order valence-electron chi connectivity index (χ1n) is 4.99. The van der Waals surface area contributed by atoms with E-state index in [2.05, 4.69) is 10.0 Å². The summed E-state index contributed by atoms with van der Waals surface area (Å²) >= 11 is 0. The Hall–Kier alpha value is -0.770. The van der Waals surface area contributed by atoms with Crippen molar-refractivity contribution in [3.63, 3.8) is 0 Å². The van der Waals surface area contributed by atoms with Gasteiger partial charge in [-0.25, -0.2) is 0 Å². The molecule has 3 unspecified atom stereocenters. The second-order valence-corrected chi connectivity index (χ2v) is 3.83. The molecule has 0 aromatic carbocycles. The Kier molecular flexibility index (Phi) is 3.75. The highest BCUT2D eigenvalue weighted by Gasteiger charge is 2.39. The molecule has 0 bridgehead atoms. The highest BCUT2D eigenvalue weighted by molar-refractivity contribution is 4.92. The number of aliphatic hydroxyl groups is 1. The van der Waals surface area contributed by atoms with Crippen molar-refractivity contribution in [2.24, 2.45) is 11.0 Å². The summed E-state index contributed by atoms with van der Waals surface area (Å²) in [6, 6.07) is -0.266. The predicted octanol–water partition coefficient (Wildman–Crippen LogP) is 1.86. The molecule has 5 atom stereocenters. The molecule has 1 aliphatic heterocycles. The highest BCUT2D eigenvalue weighted by atomic mass is 16.5. The van der Waals surface area contributed by atoms with Crippen LogP contribution in [0.25, 0.3) is 10.4 Å². The second-order valence-electron chi connectivity index (χ2n) is 3.83. The number of nitrogens with zero attached hydrogens (tertiary/aromatic N) is 3. The fraction of sp³-hybridized carbons (Fsp3) is 1.00. The minimum Gasteiger partial charge on any atom is -0.390 e. The molecule has 0 amide bonds. The van der Waals surface area contributed by atoms with Crippen molar-refractivity contribution in [3.8, 4) is 0 Å². The largest absolute Gasteiger partial charge is 0.390 e.